The van der Waals surface area contributed by atoms with E-state index < -0.39 is 6.10 Å². The lowest BCUT2D eigenvalue weighted by molar-refractivity contribution is 0.190. The Morgan fingerprint density at radius 2 is 1.78 bits per heavy atom. The van der Waals surface area contributed by atoms with E-state index in [2.05, 4.69) is 15.9 Å². The van der Waals surface area contributed by atoms with Crippen LogP contribution in [0.3, 0.4) is 0 Å². The first-order valence-corrected chi connectivity index (χ1v) is 6.60. The van der Waals surface area contributed by atoms with Crippen LogP contribution in [0.15, 0.2) is 53.0 Å². The summed E-state index contributed by atoms with van der Waals surface area (Å²) in [6, 6.07) is 15.5. The highest BCUT2D eigenvalue weighted by Crippen LogP contribution is 2.25. The SMILES string of the molecule is CC(O)c1ccccc1OCc1ccc(Br)cc1. The molecule has 0 saturated heterocycles. The fourth-order valence-corrected chi connectivity index (χ4v) is 1.96. The van der Waals surface area contributed by atoms with Crippen LogP contribution < -0.4 is 4.74 Å². The first-order valence-electron chi connectivity index (χ1n) is 5.81. The van der Waals surface area contributed by atoms with Crippen molar-refractivity contribution in [2.45, 2.75) is 19.6 Å². The minimum atomic E-state index is -0.522. The minimum absolute atomic E-state index is 0.497. The van der Waals surface area contributed by atoms with Crippen molar-refractivity contribution in [3.8, 4) is 5.75 Å². The Morgan fingerprint density at radius 1 is 1.11 bits per heavy atom. The van der Waals surface area contributed by atoms with Gasteiger partial charge in [-0.15, -0.1) is 0 Å². The molecule has 3 heteroatoms. The monoisotopic (exact) mass is 306 g/mol. The largest absolute Gasteiger partial charge is 0.489 e. The van der Waals surface area contributed by atoms with E-state index >= 15 is 0 Å². The maximum absolute atomic E-state index is 9.65. The molecule has 94 valence electrons. The van der Waals surface area contributed by atoms with E-state index in [0.29, 0.717) is 6.61 Å². The second kappa shape index (κ2) is 6.03. The maximum Gasteiger partial charge on any atom is 0.125 e. The summed E-state index contributed by atoms with van der Waals surface area (Å²) in [7, 11) is 0. The molecule has 0 amide bonds. The summed E-state index contributed by atoms with van der Waals surface area (Å²) < 4.78 is 6.80. The number of hydrogen-bond acceptors (Lipinski definition) is 2. The highest BCUT2D eigenvalue weighted by Gasteiger charge is 2.08. The number of aliphatic hydroxyl groups is 1. The Morgan fingerprint density at radius 3 is 2.44 bits per heavy atom. The molecule has 2 rings (SSSR count). The Labute approximate surface area is 115 Å². The fraction of sp³-hybridized carbons (Fsp3) is 0.200. The molecule has 1 N–H and O–H groups in total. The molecule has 1 atom stereocenters. The van der Waals surface area contributed by atoms with Crippen molar-refractivity contribution in [1.82, 2.24) is 0 Å². The summed E-state index contributed by atoms with van der Waals surface area (Å²) in [5.74, 6) is 0.732. The van der Waals surface area contributed by atoms with Gasteiger partial charge in [0.25, 0.3) is 0 Å². The van der Waals surface area contributed by atoms with Crippen molar-refractivity contribution in [2.75, 3.05) is 0 Å². The predicted octanol–water partition coefficient (Wildman–Crippen LogP) is 4.08. The van der Waals surface area contributed by atoms with E-state index in [1.165, 1.54) is 0 Å². The standard InChI is InChI=1S/C15H15BrO2/c1-11(17)14-4-2-3-5-15(14)18-10-12-6-8-13(16)9-7-12/h2-9,11,17H,10H2,1H3. The maximum atomic E-state index is 9.65. The Balaban J connectivity index is 2.08. The smallest absolute Gasteiger partial charge is 0.125 e. The Bertz CT molecular complexity index is 506. The van der Waals surface area contributed by atoms with Gasteiger partial charge in [-0.1, -0.05) is 46.3 Å². The van der Waals surface area contributed by atoms with Crippen molar-refractivity contribution in [3.05, 3.63) is 64.1 Å². The van der Waals surface area contributed by atoms with Gasteiger partial charge in [0, 0.05) is 10.0 Å². The summed E-state index contributed by atoms with van der Waals surface area (Å²) in [6.45, 7) is 2.23. The summed E-state index contributed by atoms with van der Waals surface area (Å²) in [6.07, 6.45) is -0.522. The van der Waals surface area contributed by atoms with Crippen LogP contribution in [0.1, 0.15) is 24.2 Å². The summed E-state index contributed by atoms with van der Waals surface area (Å²) in [4.78, 5) is 0. The summed E-state index contributed by atoms with van der Waals surface area (Å²) in [5.41, 5.74) is 1.91. The quantitative estimate of drug-likeness (QED) is 0.922. The van der Waals surface area contributed by atoms with Crippen molar-refractivity contribution in [3.63, 3.8) is 0 Å². The molecule has 2 aromatic rings. The molecule has 0 saturated carbocycles. The molecule has 0 heterocycles. The zero-order valence-corrected chi connectivity index (χ0v) is 11.7. The van der Waals surface area contributed by atoms with Gasteiger partial charge in [0.05, 0.1) is 6.10 Å². The first-order chi connectivity index (χ1) is 8.66. The molecule has 0 aliphatic rings. The van der Waals surface area contributed by atoms with E-state index in [4.69, 9.17) is 4.74 Å². The summed E-state index contributed by atoms with van der Waals surface area (Å²) >= 11 is 3.40. The highest BCUT2D eigenvalue weighted by molar-refractivity contribution is 9.10. The van der Waals surface area contributed by atoms with Crippen LogP contribution in [0.5, 0.6) is 5.75 Å². The molecule has 0 aromatic heterocycles. The van der Waals surface area contributed by atoms with E-state index in [-0.39, 0.29) is 0 Å². The van der Waals surface area contributed by atoms with Gasteiger partial charge < -0.3 is 9.84 Å². The normalized spacial score (nSPS) is 12.2. The fourth-order valence-electron chi connectivity index (χ4n) is 1.70. The van der Waals surface area contributed by atoms with Gasteiger partial charge in [-0.2, -0.15) is 0 Å². The van der Waals surface area contributed by atoms with Gasteiger partial charge >= 0.3 is 0 Å². The number of para-hydroxylation sites is 1. The molecule has 2 aromatic carbocycles. The predicted molar refractivity (Wildman–Crippen MR) is 75.5 cm³/mol. The van der Waals surface area contributed by atoms with E-state index in [0.717, 1.165) is 21.3 Å². The van der Waals surface area contributed by atoms with Crippen LogP contribution in [0, 0.1) is 0 Å². The Kier molecular flexibility index (Phi) is 4.39. The molecular weight excluding hydrogens is 292 g/mol. The third-order valence-electron chi connectivity index (χ3n) is 2.68. The van der Waals surface area contributed by atoms with Crippen LogP contribution in [-0.4, -0.2) is 5.11 Å². The highest BCUT2D eigenvalue weighted by atomic mass is 79.9. The third kappa shape index (κ3) is 3.34. The lowest BCUT2D eigenvalue weighted by Crippen LogP contribution is -2.00. The van der Waals surface area contributed by atoms with Crippen LogP contribution in [-0.2, 0) is 6.61 Å². The Hall–Kier alpha value is -1.32. The second-order valence-corrected chi connectivity index (χ2v) is 5.04. The third-order valence-corrected chi connectivity index (χ3v) is 3.21. The van der Waals surface area contributed by atoms with E-state index in [1.54, 1.807) is 6.92 Å². The van der Waals surface area contributed by atoms with Crippen LogP contribution in [0.2, 0.25) is 0 Å². The zero-order valence-electron chi connectivity index (χ0n) is 10.1. The molecule has 2 nitrogen and oxygen atoms in total. The molecule has 0 fully saturated rings. The minimum Gasteiger partial charge on any atom is -0.489 e. The van der Waals surface area contributed by atoms with Crippen LogP contribution in [0.25, 0.3) is 0 Å². The van der Waals surface area contributed by atoms with Gasteiger partial charge in [0.1, 0.15) is 12.4 Å². The number of ether oxygens (including phenoxy) is 1. The molecule has 0 radical (unpaired) electrons. The number of halogens is 1. The molecular formula is C15H15BrO2. The van der Waals surface area contributed by atoms with Crippen molar-refractivity contribution >= 4 is 15.9 Å². The molecule has 1 unspecified atom stereocenters. The van der Waals surface area contributed by atoms with Crippen molar-refractivity contribution < 1.29 is 9.84 Å². The average molecular weight is 307 g/mol. The van der Waals surface area contributed by atoms with Gasteiger partial charge in [-0.3, -0.25) is 0 Å². The van der Waals surface area contributed by atoms with Crippen molar-refractivity contribution in [2.24, 2.45) is 0 Å². The number of benzene rings is 2. The van der Waals surface area contributed by atoms with Gasteiger partial charge in [0.2, 0.25) is 0 Å². The van der Waals surface area contributed by atoms with Gasteiger partial charge in [-0.25, -0.2) is 0 Å². The van der Waals surface area contributed by atoms with E-state index in [1.807, 2.05) is 48.5 Å². The zero-order chi connectivity index (χ0) is 13.0. The first kappa shape index (κ1) is 13.1. The molecule has 18 heavy (non-hydrogen) atoms. The molecule has 0 spiro atoms. The van der Waals surface area contributed by atoms with Gasteiger partial charge in [0.15, 0.2) is 0 Å². The summed E-state index contributed by atoms with van der Waals surface area (Å²) in [5, 5.41) is 9.65. The van der Waals surface area contributed by atoms with Crippen LogP contribution in [0.4, 0.5) is 0 Å². The number of hydrogen-bond donors (Lipinski definition) is 1. The lowest BCUT2D eigenvalue weighted by Gasteiger charge is -2.13. The molecule has 0 aliphatic carbocycles. The number of aliphatic hydroxyl groups excluding tert-OH is 1. The van der Waals surface area contributed by atoms with Gasteiger partial charge in [-0.05, 0) is 30.7 Å². The van der Waals surface area contributed by atoms with Crippen LogP contribution >= 0.6 is 15.9 Å². The second-order valence-electron chi connectivity index (χ2n) is 4.13. The van der Waals surface area contributed by atoms with E-state index in [9.17, 15) is 5.11 Å². The topological polar surface area (TPSA) is 29.5 Å². The number of rotatable bonds is 4. The molecule has 0 aliphatic heterocycles. The lowest BCUT2D eigenvalue weighted by atomic mass is 10.1. The average Bonchev–Trinajstić information content (AvgIpc) is 2.38. The molecule has 0 bridgehead atoms. The van der Waals surface area contributed by atoms with Crippen molar-refractivity contribution in [1.29, 1.82) is 0 Å².